The van der Waals surface area contributed by atoms with Crippen molar-refractivity contribution in [1.82, 2.24) is 9.88 Å². The summed E-state index contributed by atoms with van der Waals surface area (Å²) >= 11 is 1.71. The summed E-state index contributed by atoms with van der Waals surface area (Å²) in [6.45, 7) is 2.92. The number of rotatable bonds is 3. The highest BCUT2D eigenvalue weighted by Gasteiger charge is 2.23. The number of nitrogens with zero attached hydrogens (tertiary/aromatic N) is 3. The third-order valence-corrected chi connectivity index (χ3v) is 6.47. The fraction of sp³-hybridized carbons (Fsp3) is 0.167. The number of amides is 2. The lowest BCUT2D eigenvalue weighted by molar-refractivity contribution is 0.208. The number of anilines is 2. The van der Waals surface area contributed by atoms with Gasteiger partial charge < -0.3 is 15.1 Å². The summed E-state index contributed by atoms with van der Waals surface area (Å²) in [6.07, 6.45) is 0. The Hall–Kier alpha value is -3.38. The molecule has 150 valence electrons. The lowest BCUT2D eigenvalue weighted by Crippen LogP contribution is -2.50. The zero-order valence-electron chi connectivity index (χ0n) is 16.5. The fourth-order valence-electron chi connectivity index (χ4n) is 3.75. The molecule has 1 N–H and O–H groups in total. The van der Waals surface area contributed by atoms with Crippen LogP contribution in [0.1, 0.15) is 0 Å². The molecule has 0 bridgehead atoms. The van der Waals surface area contributed by atoms with Crippen LogP contribution in [-0.2, 0) is 0 Å². The third kappa shape index (κ3) is 3.74. The van der Waals surface area contributed by atoms with Crippen molar-refractivity contribution < 1.29 is 4.79 Å². The molecule has 0 spiro atoms. The van der Waals surface area contributed by atoms with Crippen molar-refractivity contribution in [3.8, 4) is 11.1 Å². The van der Waals surface area contributed by atoms with E-state index in [4.69, 9.17) is 4.98 Å². The number of nitrogens with one attached hydrogen (secondary N) is 1. The minimum absolute atomic E-state index is 0.0534. The van der Waals surface area contributed by atoms with Crippen LogP contribution in [0.15, 0.2) is 78.9 Å². The second-order valence-corrected chi connectivity index (χ2v) is 8.29. The highest BCUT2D eigenvalue weighted by molar-refractivity contribution is 7.22. The van der Waals surface area contributed by atoms with E-state index in [0.717, 1.165) is 40.6 Å². The van der Waals surface area contributed by atoms with Crippen molar-refractivity contribution in [2.75, 3.05) is 36.4 Å². The minimum Gasteiger partial charge on any atom is -0.345 e. The number of fused-ring (bicyclic) bond motifs is 1. The van der Waals surface area contributed by atoms with Gasteiger partial charge in [-0.25, -0.2) is 9.78 Å². The number of carbonyl (C=O) groups excluding carboxylic acids is 1. The maximum absolute atomic E-state index is 12.9. The summed E-state index contributed by atoms with van der Waals surface area (Å²) in [5.74, 6) is 0. The van der Waals surface area contributed by atoms with E-state index in [-0.39, 0.29) is 6.03 Å². The molecule has 1 fully saturated rings. The maximum Gasteiger partial charge on any atom is 0.321 e. The van der Waals surface area contributed by atoms with Gasteiger partial charge in [-0.1, -0.05) is 72.0 Å². The van der Waals surface area contributed by atoms with Crippen LogP contribution in [0.5, 0.6) is 0 Å². The molecule has 0 atom stereocenters. The minimum atomic E-state index is -0.0534. The first-order chi connectivity index (χ1) is 14.8. The van der Waals surface area contributed by atoms with Gasteiger partial charge in [0.15, 0.2) is 5.13 Å². The molecule has 1 aliphatic heterocycles. The molecule has 0 aliphatic carbocycles. The normalized spacial score (nSPS) is 14.1. The summed E-state index contributed by atoms with van der Waals surface area (Å²) in [5.41, 5.74) is 3.99. The Kier molecular flexibility index (Phi) is 5.07. The topological polar surface area (TPSA) is 48.5 Å². The van der Waals surface area contributed by atoms with Crippen LogP contribution in [0.25, 0.3) is 21.3 Å². The average molecular weight is 415 g/mol. The van der Waals surface area contributed by atoms with E-state index in [1.165, 1.54) is 4.70 Å². The predicted molar refractivity (Wildman–Crippen MR) is 124 cm³/mol. The SMILES string of the molecule is O=C(Nc1ccccc1-c1ccccc1)N1CCN(c2nc3ccccc3s2)CC1. The molecule has 3 aromatic carbocycles. The average Bonchev–Trinajstić information content (AvgIpc) is 3.24. The van der Waals surface area contributed by atoms with Gasteiger partial charge in [0.05, 0.1) is 15.9 Å². The van der Waals surface area contributed by atoms with E-state index in [1.54, 1.807) is 11.3 Å². The summed E-state index contributed by atoms with van der Waals surface area (Å²) in [5, 5.41) is 4.14. The van der Waals surface area contributed by atoms with Gasteiger partial charge >= 0.3 is 6.03 Å². The van der Waals surface area contributed by atoms with Crippen molar-refractivity contribution >= 4 is 38.4 Å². The van der Waals surface area contributed by atoms with E-state index in [2.05, 4.69) is 28.4 Å². The molecule has 1 aromatic heterocycles. The number of hydrogen-bond donors (Lipinski definition) is 1. The number of thiazole rings is 1. The van der Waals surface area contributed by atoms with E-state index < -0.39 is 0 Å². The van der Waals surface area contributed by atoms with Gasteiger partial charge in [0, 0.05) is 31.7 Å². The molecule has 4 aromatic rings. The van der Waals surface area contributed by atoms with E-state index in [1.807, 2.05) is 65.6 Å². The number of carbonyl (C=O) groups is 1. The molecule has 5 nitrogen and oxygen atoms in total. The number of aromatic nitrogens is 1. The van der Waals surface area contributed by atoms with Crippen LogP contribution in [-0.4, -0.2) is 42.1 Å². The molecule has 5 rings (SSSR count). The fourth-order valence-corrected chi connectivity index (χ4v) is 4.77. The Labute approximate surface area is 179 Å². The molecule has 6 heteroatoms. The van der Waals surface area contributed by atoms with E-state index in [0.29, 0.717) is 13.1 Å². The third-order valence-electron chi connectivity index (χ3n) is 5.37. The van der Waals surface area contributed by atoms with Crippen molar-refractivity contribution in [3.63, 3.8) is 0 Å². The molecule has 2 heterocycles. The first-order valence-electron chi connectivity index (χ1n) is 10.1. The van der Waals surface area contributed by atoms with Crippen molar-refractivity contribution in [2.45, 2.75) is 0 Å². The molecular formula is C24H22N4OS. The molecule has 30 heavy (non-hydrogen) atoms. The number of benzene rings is 3. The van der Waals surface area contributed by atoms with Crippen LogP contribution in [0.4, 0.5) is 15.6 Å². The molecule has 1 aliphatic rings. The lowest BCUT2D eigenvalue weighted by Gasteiger charge is -2.34. The van der Waals surface area contributed by atoms with Crippen LogP contribution in [0.3, 0.4) is 0 Å². The summed E-state index contributed by atoms with van der Waals surface area (Å²) < 4.78 is 1.20. The molecular weight excluding hydrogens is 392 g/mol. The van der Waals surface area contributed by atoms with Crippen LogP contribution < -0.4 is 10.2 Å². The number of piperazine rings is 1. The maximum atomic E-state index is 12.9. The molecule has 0 radical (unpaired) electrons. The number of urea groups is 1. The van der Waals surface area contributed by atoms with Crippen molar-refractivity contribution in [1.29, 1.82) is 0 Å². The molecule has 0 saturated carbocycles. The predicted octanol–water partition coefficient (Wildman–Crippen LogP) is 5.32. The zero-order chi connectivity index (χ0) is 20.3. The molecule has 2 amide bonds. The lowest BCUT2D eigenvalue weighted by atomic mass is 10.0. The molecule has 1 saturated heterocycles. The Bertz CT molecular complexity index is 1130. The van der Waals surface area contributed by atoms with E-state index >= 15 is 0 Å². The second kappa shape index (κ2) is 8.16. The first kappa shape index (κ1) is 18.6. The van der Waals surface area contributed by atoms with Crippen LogP contribution in [0.2, 0.25) is 0 Å². The van der Waals surface area contributed by atoms with Gasteiger partial charge in [0.2, 0.25) is 0 Å². The standard InChI is InChI=1S/C24H22N4OS/c29-23(25-20-11-5-4-10-19(20)18-8-2-1-3-9-18)27-14-16-28(17-15-27)24-26-21-12-6-7-13-22(21)30-24/h1-13H,14-17H2,(H,25,29). The highest BCUT2D eigenvalue weighted by atomic mass is 32.1. The van der Waals surface area contributed by atoms with Crippen LogP contribution >= 0.6 is 11.3 Å². The summed E-state index contributed by atoms with van der Waals surface area (Å²) in [7, 11) is 0. The van der Waals surface area contributed by atoms with Gasteiger partial charge in [-0.15, -0.1) is 0 Å². The van der Waals surface area contributed by atoms with Gasteiger partial charge in [0.1, 0.15) is 0 Å². The Morgan fingerprint density at radius 3 is 2.33 bits per heavy atom. The van der Waals surface area contributed by atoms with Crippen LogP contribution in [0, 0.1) is 0 Å². The van der Waals surface area contributed by atoms with Gasteiger partial charge in [0.25, 0.3) is 0 Å². The van der Waals surface area contributed by atoms with Gasteiger partial charge in [-0.3, -0.25) is 0 Å². The summed E-state index contributed by atoms with van der Waals surface area (Å²) in [4.78, 5) is 21.8. The highest BCUT2D eigenvalue weighted by Crippen LogP contribution is 2.30. The number of hydrogen-bond acceptors (Lipinski definition) is 4. The monoisotopic (exact) mass is 414 g/mol. The number of para-hydroxylation sites is 2. The zero-order valence-corrected chi connectivity index (χ0v) is 17.3. The van der Waals surface area contributed by atoms with Gasteiger partial charge in [-0.05, 0) is 23.8 Å². The Morgan fingerprint density at radius 1 is 0.833 bits per heavy atom. The largest absolute Gasteiger partial charge is 0.345 e. The van der Waals surface area contributed by atoms with Gasteiger partial charge in [-0.2, -0.15) is 0 Å². The van der Waals surface area contributed by atoms with E-state index in [9.17, 15) is 4.79 Å². The van der Waals surface area contributed by atoms with Crippen molar-refractivity contribution in [2.24, 2.45) is 0 Å². The smallest absolute Gasteiger partial charge is 0.321 e. The Balaban J connectivity index is 1.26. The summed E-state index contributed by atoms with van der Waals surface area (Å²) in [6, 6.07) is 26.2. The first-order valence-corrected chi connectivity index (χ1v) is 10.9. The second-order valence-electron chi connectivity index (χ2n) is 7.28. The van der Waals surface area contributed by atoms with Crippen molar-refractivity contribution in [3.05, 3.63) is 78.9 Å². The quantitative estimate of drug-likeness (QED) is 0.494. The molecule has 0 unspecified atom stereocenters. The Morgan fingerprint density at radius 2 is 1.53 bits per heavy atom.